The lowest BCUT2D eigenvalue weighted by Gasteiger charge is -2.21. The van der Waals surface area contributed by atoms with Gasteiger partial charge in [0.1, 0.15) is 0 Å². The van der Waals surface area contributed by atoms with Crippen LogP contribution in [0.4, 0.5) is 0 Å². The monoisotopic (exact) mass is 257 g/mol. The molecule has 4 heteroatoms. The first-order chi connectivity index (χ1) is 9.36. The summed E-state index contributed by atoms with van der Waals surface area (Å²) in [7, 11) is 0. The zero-order valence-corrected chi connectivity index (χ0v) is 11.2. The van der Waals surface area contributed by atoms with Crippen LogP contribution in [0, 0.1) is 0 Å². The van der Waals surface area contributed by atoms with Gasteiger partial charge in [-0.2, -0.15) is 0 Å². The van der Waals surface area contributed by atoms with Crippen molar-refractivity contribution in [1.82, 2.24) is 15.5 Å². The second-order valence-corrected chi connectivity index (χ2v) is 5.02. The van der Waals surface area contributed by atoms with Crippen molar-refractivity contribution >= 4 is 0 Å². The molecule has 0 saturated carbocycles. The molecule has 1 N–H and O–H groups in total. The van der Waals surface area contributed by atoms with E-state index in [9.17, 15) is 0 Å². The SMILES string of the molecule is CCNCc1nnc(C2CCc3ccccc3C2)o1. The molecule has 1 aromatic carbocycles. The van der Waals surface area contributed by atoms with Crippen LogP contribution in [0.3, 0.4) is 0 Å². The normalized spacial score (nSPS) is 18.3. The summed E-state index contributed by atoms with van der Waals surface area (Å²) in [6.45, 7) is 3.64. The first kappa shape index (κ1) is 12.4. The van der Waals surface area contributed by atoms with Crippen LogP contribution < -0.4 is 5.32 Å². The van der Waals surface area contributed by atoms with Crippen molar-refractivity contribution < 1.29 is 4.42 Å². The summed E-state index contributed by atoms with van der Waals surface area (Å²) >= 11 is 0. The molecule has 3 rings (SSSR count). The lowest BCUT2D eigenvalue weighted by molar-refractivity contribution is 0.387. The molecule has 0 fully saturated rings. The molecule has 0 bridgehead atoms. The van der Waals surface area contributed by atoms with Crippen LogP contribution >= 0.6 is 0 Å². The first-order valence-electron chi connectivity index (χ1n) is 6.96. The Hall–Kier alpha value is -1.68. The molecule has 4 nitrogen and oxygen atoms in total. The van der Waals surface area contributed by atoms with Crippen LogP contribution in [0.2, 0.25) is 0 Å². The van der Waals surface area contributed by atoms with Crippen LogP contribution in [-0.2, 0) is 19.4 Å². The highest BCUT2D eigenvalue weighted by Crippen LogP contribution is 2.31. The molecule has 0 radical (unpaired) electrons. The van der Waals surface area contributed by atoms with E-state index in [2.05, 4.69) is 46.7 Å². The predicted octanol–water partition coefficient (Wildman–Crippen LogP) is 2.45. The van der Waals surface area contributed by atoms with Crippen LogP contribution in [0.15, 0.2) is 28.7 Å². The Bertz CT molecular complexity index is 550. The largest absolute Gasteiger partial charge is 0.424 e. The number of hydrogen-bond donors (Lipinski definition) is 1. The maximum atomic E-state index is 5.76. The fourth-order valence-electron chi connectivity index (χ4n) is 2.64. The van der Waals surface area contributed by atoms with Crippen LogP contribution in [0.5, 0.6) is 0 Å². The lowest BCUT2D eigenvalue weighted by atomic mass is 9.84. The van der Waals surface area contributed by atoms with Gasteiger partial charge >= 0.3 is 0 Å². The Morgan fingerprint density at radius 1 is 1.26 bits per heavy atom. The van der Waals surface area contributed by atoms with Gasteiger partial charge in [0.15, 0.2) is 0 Å². The van der Waals surface area contributed by atoms with Crippen LogP contribution in [0.1, 0.15) is 42.2 Å². The Morgan fingerprint density at radius 3 is 2.95 bits per heavy atom. The van der Waals surface area contributed by atoms with E-state index in [0.717, 1.165) is 31.7 Å². The summed E-state index contributed by atoms with van der Waals surface area (Å²) in [6.07, 6.45) is 3.21. The predicted molar refractivity (Wildman–Crippen MR) is 72.9 cm³/mol. The number of nitrogens with one attached hydrogen (secondary N) is 1. The molecule has 100 valence electrons. The third kappa shape index (κ3) is 2.68. The van der Waals surface area contributed by atoms with E-state index in [4.69, 9.17) is 4.42 Å². The second-order valence-electron chi connectivity index (χ2n) is 5.02. The standard InChI is InChI=1S/C15H19N3O/c1-2-16-10-14-17-18-15(19-14)13-8-7-11-5-3-4-6-12(11)9-13/h3-6,13,16H,2,7-10H2,1H3. The minimum absolute atomic E-state index is 0.373. The molecule has 1 heterocycles. The molecule has 1 unspecified atom stereocenters. The van der Waals surface area contributed by atoms with E-state index in [1.807, 2.05) is 0 Å². The summed E-state index contributed by atoms with van der Waals surface area (Å²) in [4.78, 5) is 0. The molecule has 0 amide bonds. The van der Waals surface area contributed by atoms with E-state index in [-0.39, 0.29) is 0 Å². The van der Waals surface area contributed by atoms with Gasteiger partial charge in [0.2, 0.25) is 11.8 Å². The summed E-state index contributed by atoms with van der Waals surface area (Å²) in [6, 6.07) is 8.64. The highest BCUT2D eigenvalue weighted by Gasteiger charge is 2.24. The maximum Gasteiger partial charge on any atom is 0.230 e. The highest BCUT2D eigenvalue weighted by molar-refractivity contribution is 5.31. The zero-order valence-electron chi connectivity index (χ0n) is 11.2. The van der Waals surface area contributed by atoms with E-state index in [0.29, 0.717) is 18.4 Å². The van der Waals surface area contributed by atoms with E-state index in [1.54, 1.807) is 0 Å². The van der Waals surface area contributed by atoms with Crippen molar-refractivity contribution in [2.75, 3.05) is 6.54 Å². The Balaban J connectivity index is 1.72. The molecular formula is C15H19N3O. The first-order valence-corrected chi connectivity index (χ1v) is 6.96. The Kier molecular flexibility index (Phi) is 3.60. The van der Waals surface area contributed by atoms with E-state index in [1.165, 1.54) is 11.1 Å². The van der Waals surface area contributed by atoms with Crippen molar-refractivity contribution in [1.29, 1.82) is 0 Å². The van der Waals surface area contributed by atoms with Gasteiger partial charge in [-0.3, -0.25) is 0 Å². The number of aryl methyl sites for hydroxylation is 1. The number of fused-ring (bicyclic) bond motifs is 1. The summed E-state index contributed by atoms with van der Waals surface area (Å²) in [5.74, 6) is 1.86. The van der Waals surface area contributed by atoms with Gasteiger partial charge in [0.05, 0.1) is 6.54 Å². The molecule has 1 aromatic heterocycles. The maximum absolute atomic E-state index is 5.76. The van der Waals surface area contributed by atoms with Crippen molar-refractivity contribution in [3.8, 4) is 0 Å². The molecule has 2 aromatic rings. The van der Waals surface area contributed by atoms with Crippen molar-refractivity contribution in [3.63, 3.8) is 0 Å². The number of rotatable bonds is 4. The fraction of sp³-hybridized carbons (Fsp3) is 0.467. The van der Waals surface area contributed by atoms with E-state index >= 15 is 0 Å². The molecule has 1 aliphatic rings. The van der Waals surface area contributed by atoms with Gasteiger partial charge in [-0.05, 0) is 36.9 Å². The Morgan fingerprint density at radius 2 is 2.11 bits per heavy atom. The molecule has 0 saturated heterocycles. The number of nitrogens with zero attached hydrogens (tertiary/aromatic N) is 2. The van der Waals surface area contributed by atoms with Gasteiger partial charge in [0, 0.05) is 5.92 Å². The van der Waals surface area contributed by atoms with Gasteiger partial charge in [-0.25, -0.2) is 0 Å². The second kappa shape index (κ2) is 5.53. The van der Waals surface area contributed by atoms with Gasteiger partial charge in [-0.15, -0.1) is 10.2 Å². The van der Waals surface area contributed by atoms with E-state index < -0.39 is 0 Å². The van der Waals surface area contributed by atoms with Gasteiger partial charge in [-0.1, -0.05) is 31.2 Å². The van der Waals surface area contributed by atoms with Gasteiger partial charge < -0.3 is 9.73 Å². The quantitative estimate of drug-likeness (QED) is 0.914. The summed E-state index contributed by atoms with van der Waals surface area (Å²) < 4.78 is 5.76. The summed E-state index contributed by atoms with van der Waals surface area (Å²) in [5.41, 5.74) is 2.89. The average Bonchev–Trinajstić information content (AvgIpc) is 2.93. The minimum atomic E-state index is 0.373. The van der Waals surface area contributed by atoms with Crippen molar-refractivity contribution in [2.45, 2.75) is 38.6 Å². The zero-order chi connectivity index (χ0) is 13.1. The smallest absolute Gasteiger partial charge is 0.230 e. The topological polar surface area (TPSA) is 51.0 Å². The minimum Gasteiger partial charge on any atom is -0.424 e. The van der Waals surface area contributed by atoms with Crippen LogP contribution in [0.25, 0.3) is 0 Å². The average molecular weight is 257 g/mol. The van der Waals surface area contributed by atoms with Crippen molar-refractivity contribution in [3.05, 3.63) is 47.2 Å². The Labute approximate surface area is 113 Å². The number of aromatic nitrogens is 2. The number of hydrogen-bond acceptors (Lipinski definition) is 4. The highest BCUT2D eigenvalue weighted by atomic mass is 16.4. The summed E-state index contributed by atoms with van der Waals surface area (Å²) in [5, 5.41) is 11.5. The van der Waals surface area contributed by atoms with Crippen LogP contribution in [-0.4, -0.2) is 16.7 Å². The molecule has 1 aliphatic carbocycles. The third-order valence-electron chi connectivity index (χ3n) is 3.70. The molecule has 0 spiro atoms. The van der Waals surface area contributed by atoms with Gasteiger partial charge in [0.25, 0.3) is 0 Å². The molecule has 0 aliphatic heterocycles. The third-order valence-corrected chi connectivity index (χ3v) is 3.70. The molecular weight excluding hydrogens is 238 g/mol. The number of benzene rings is 1. The molecule has 19 heavy (non-hydrogen) atoms. The van der Waals surface area contributed by atoms with Crippen molar-refractivity contribution in [2.24, 2.45) is 0 Å². The lowest BCUT2D eigenvalue weighted by Crippen LogP contribution is -2.13. The molecule has 1 atom stereocenters. The fourth-order valence-corrected chi connectivity index (χ4v) is 2.64.